The molecule has 0 amide bonds. The third kappa shape index (κ3) is 2.60. The molecule has 0 aliphatic carbocycles. The average Bonchev–Trinajstić information content (AvgIpc) is 2.02. The molecule has 1 unspecified atom stereocenters. The van der Waals surface area contributed by atoms with E-state index in [0.29, 0.717) is 5.69 Å². The van der Waals surface area contributed by atoms with Gasteiger partial charge in [-0.15, -0.1) is 0 Å². The number of rotatable bonds is 3. The van der Waals surface area contributed by atoms with E-state index in [1.165, 1.54) is 0 Å². The van der Waals surface area contributed by atoms with Gasteiger partial charge in [0.25, 0.3) is 0 Å². The zero-order valence-corrected chi connectivity index (χ0v) is 8.78. The lowest BCUT2D eigenvalue weighted by molar-refractivity contribution is 0.133. The van der Waals surface area contributed by atoms with Crippen LogP contribution in [0.5, 0.6) is 0 Å². The summed E-state index contributed by atoms with van der Waals surface area (Å²) in [4.78, 5) is 3.96. The van der Waals surface area contributed by atoms with E-state index >= 15 is 0 Å². The summed E-state index contributed by atoms with van der Waals surface area (Å²) < 4.78 is 0. The summed E-state index contributed by atoms with van der Waals surface area (Å²) in [6.45, 7) is 5.58. The summed E-state index contributed by atoms with van der Waals surface area (Å²) in [5, 5.41) is 12.7. The Labute approximate surface area is 84.2 Å². The monoisotopic (exact) mass is 195 g/mol. The SMILES string of the molecule is CC(O)C(C)(C)Nc1cncc(N)c1. The number of aliphatic hydroxyl groups is 1. The molecule has 0 bridgehead atoms. The van der Waals surface area contributed by atoms with Crippen molar-refractivity contribution in [1.29, 1.82) is 0 Å². The second-order valence-electron chi connectivity index (χ2n) is 4.03. The number of anilines is 2. The molecule has 0 saturated heterocycles. The van der Waals surface area contributed by atoms with E-state index in [9.17, 15) is 5.11 Å². The summed E-state index contributed by atoms with van der Waals surface area (Å²) in [6.07, 6.45) is 2.81. The number of nitrogen functional groups attached to an aromatic ring is 1. The second kappa shape index (κ2) is 3.84. The fourth-order valence-corrected chi connectivity index (χ4v) is 1.00. The molecule has 0 radical (unpaired) electrons. The van der Waals surface area contributed by atoms with Crippen LogP contribution in [0, 0.1) is 0 Å². The van der Waals surface area contributed by atoms with Crippen molar-refractivity contribution in [3.05, 3.63) is 18.5 Å². The first-order valence-corrected chi connectivity index (χ1v) is 4.58. The molecule has 0 saturated carbocycles. The lowest BCUT2D eigenvalue weighted by atomic mass is 9.98. The van der Waals surface area contributed by atoms with Crippen LogP contribution < -0.4 is 11.1 Å². The summed E-state index contributed by atoms with van der Waals surface area (Å²) in [5.41, 5.74) is 6.62. The Balaban J connectivity index is 2.78. The topological polar surface area (TPSA) is 71.2 Å². The minimum absolute atomic E-state index is 0.393. The Hall–Kier alpha value is -1.29. The Morgan fingerprint density at radius 2 is 2.14 bits per heavy atom. The molecule has 4 N–H and O–H groups in total. The van der Waals surface area contributed by atoms with Crippen LogP contribution >= 0.6 is 0 Å². The molecule has 4 heteroatoms. The summed E-state index contributed by atoms with van der Waals surface area (Å²) in [5.74, 6) is 0. The molecule has 1 heterocycles. The van der Waals surface area contributed by atoms with Gasteiger partial charge in [0.2, 0.25) is 0 Å². The molecule has 1 rings (SSSR count). The van der Waals surface area contributed by atoms with Crippen molar-refractivity contribution < 1.29 is 5.11 Å². The van der Waals surface area contributed by atoms with Crippen LogP contribution in [0.4, 0.5) is 11.4 Å². The number of aliphatic hydroxyl groups excluding tert-OH is 1. The van der Waals surface area contributed by atoms with E-state index in [1.54, 1.807) is 25.4 Å². The van der Waals surface area contributed by atoms with Crippen LogP contribution in [0.15, 0.2) is 18.5 Å². The van der Waals surface area contributed by atoms with Crippen LogP contribution in [0.2, 0.25) is 0 Å². The Morgan fingerprint density at radius 3 is 2.64 bits per heavy atom. The molecule has 0 aliphatic heterocycles. The standard InChI is InChI=1S/C10H17N3O/c1-7(14)10(2,3)13-9-4-8(11)5-12-6-9/h4-7,13-14H,11H2,1-3H3. The smallest absolute Gasteiger partial charge is 0.0736 e. The molecule has 0 aromatic carbocycles. The van der Waals surface area contributed by atoms with Gasteiger partial charge in [-0.2, -0.15) is 0 Å². The molecule has 0 fully saturated rings. The molecule has 0 aliphatic rings. The Morgan fingerprint density at radius 1 is 1.50 bits per heavy atom. The molecule has 1 aromatic rings. The molecular formula is C10H17N3O. The predicted molar refractivity (Wildman–Crippen MR) is 58.0 cm³/mol. The zero-order chi connectivity index (χ0) is 10.8. The summed E-state index contributed by atoms with van der Waals surface area (Å²) in [6, 6.07) is 1.79. The lowest BCUT2D eigenvalue weighted by Gasteiger charge is -2.30. The van der Waals surface area contributed by atoms with Crippen LogP contribution in [0.3, 0.4) is 0 Å². The minimum Gasteiger partial charge on any atom is -0.397 e. The zero-order valence-electron chi connectivity index (χ0n) is 8.78. The molecule has 1 atom stereocenters. The number of aromatic nitrogens is 1. The molecule has 78 valence electrons. The maximum Gasteiger partial charge on any atom is 0.0736 e. The van der Waals surface area contributed by atoms with Crippen LogP contribution in [0.25, 0.3) is 0 Å². The highest BCUT2D eigenvalue weighted by Gasteiger charge is 2.23. The van der Waals surface area contributed by atoms with Crippen LogP contribution in [-0.2, 0) is 0 Å². The van der Waals surface area contributed by atoms with Gasteiger partial charge in [-0.25, -0.2) is 0 Å². The molecular weight excluding hydrogens is 178 g/mol. The number of nitrogens with zero attached hydrogens (tertiary/aromatic N) is 1. The quantitative estimate of drug-likeness (QED) is 0.678. The maximum absolute atomic E-state index is 9.50. The van der Waals surface area contributed by atoms with Gasteiger partial charge in [-0.05, 0) is 26.8 Å². The number of hydrogen-bond acceptors (Lipinski definition) is 4. The first-order chi connectivity index (χ1) is 6.42. The van der Waals surface area contributed by atoms with Gasteiger partial charge in [0.1, 0.15) is 0 Å². The predicted octanol–water partition coefficient (Wildman–Crippen LogP) is 1.24. The second-order valence-corrected chi connectivity index (χ2v) is 4.03. The van der Waals surface area contributed by atoms with Crippen molar-refractivity contribution >= 4 is 11.4 Å². The fourth-order valence-electron chi connectivity index (χ4n) is 1.00. The molecule has 0 spiro atoms. The van der Waals surface area contributed by atoms with Crippen molar-refractivity contribution in [2.24, 2.45) is 0 Å². The average molecular weight is 195 g/mol. The molecule has 14 heavy (non-hydrogen) atoms. The number of nitrogens with one attached hydrogen (secondary N) is 1. The van der Waals surface area contributed by atoms with Gasteiger partial charge in [0.15, 0.2) is 0 Å². The lowest BCUT2D eigenvalue weighted by Crippen LogP contribution is -2.41. The fraction of sp³-hybridized carbons (Fsp3) is 0.500. The molecule has 1 aromatic heterocycles. The van der Waals surface area contributed by atoms with Crippen molar-refractivity contribution in [3.8, 4) is 0 Å². The maximum atomic E-state index is 9.50. The number of nitrogens with two attached hydrogens (primary N) is 1. The van der Waals surface area contributed by atoms with E-state index in [-0.39, 0.29) is 0 Å². The van der Waals surface area contributed by atoms with E-state index in [0.717, 1.165) is 5.69 Å². The van der Waals surface area contributed by atoms with Gasteiger partial charge in [0, 0.05) is 6.20 Å². The van der Waals surface area contributed by atoms with Crippen molar-refractivity contribution in [2.45, 2.75) is 32.4 Å². The van der Waals surface area contributed by atoms with Crippen molar-refractivity contribution in [2.75, 3.05) is 11.1 Å². The summed E-state index contributed by atoms with van der Waals surface area (Å²) >= 11 is 0. The van der Waals surface area contributed by atoms with Gasteiger partial charge in [0.05, 0.1) is 29.2 Å². The summed E-state index contributed by atoms with van der Waals surface area (Å²) in [7, 11) is 0. The molecule has 4 nitrogen and oxygen atoms in total. The van der Waals surface area contributed by atoms with Gasteiger partial charge in [-0.1, -0.05) is 0 Å². The first-order valence-electron chi connectivity index (χ1n) is 4.58. The highest BCUT2D eigenvalue weighted by atomic mass is 16.3. The third-order valence-electron chi connectivity index (χ3n) is 2.27. The highest BCUT2D eigenvalue weighted by molar-refractivity contribution is 5.52. The highest BCUT2D eigenvalue weighted by Crippen LogP contribution is 2.18. The van der Waals surface area contributed by atoms with E-state index in [1.807, 2.05) is 13.8 Å². The minimum atomic E-state index is -0.455. The van der Waals surface area contributed by atoms with Gasteiger partial charge >= 0.3 is 0 Å². The van der Waals surface area contributed by atoms with E-state index in [2.05, 4.69) is 10.3 Å². The first kappa shape index (κ1) is 10.8. The van der Waals surface area contributed by atoms with Gasteiger partial charge < -0.3 is 16.2 Å². The Kier molecular flexibility index (Phi) is 2.96. The Bertz CT molecular complexity index is 310. The van der Waals surface area contributed by atoms with Crippen molar-refractivity contribution in [3.63, 3.8) is 0 Å². The van der Waals surface area contributed by atoms with E-state index < -0.39 is 11.6 Å². The van der Waals surface area contributed by atoms with E-state index in [4.69, 9.17) is 5.73 Å². The van der Waals surface area contributed by atoms with Crippen LogP contribution in [0.1, 0.15) is 20.8 Å². The third-order valence-corrected chi connectivity index (χ3v) is 2.27. The van der Waals surface area contributed by atoms with Gasteiger partial charge in [-0.3, -0.25) is 4.98 Å². The normalized spacial score (nSPS) is 13.7. The van der Waals surface area contributed by atoms with Crippen LogP contribution in [-0.4, -0.2) is 21.7 Å². The largest absolute Gasteiger partial charge is 0.397 e. The van der Waals surface area contributed by atoms with Crippen molar-refractivity contribution in [1.82, 2.24) is 4.98 Å². The number of hydrogen-bond donors (Lipinski definition) is 3. The number of pyridine rings is 1.